The molecule has 59 heavy (non-hydrogen) atoms. The lowest BCUT2D eigenvalue weighted by atomic mass is 10.0. The number of hydrogen-bond acceptors (Lipinski definition) is 5. The first-order valence-corrected chi connectivity index (χ1v) is 26.8. The van der Waals surface area contributed by atoms with Crippen LogP contribution in [0.3, 0.4) is 0 Å². The van der Waals surface area contributed by atoms with Gasteiger partial charge in [0.05, 0.1) is 25.2 Å². The SMILES string of the molecule is CCCCCCCCCCCCCCCCCCC(O)C(CO)NC(=O)CC(CCCCCCCCCCCCCCCC)OC(=O)CCCCCCCCCCCC. The van der Waals surface area contributed by atoms with Gasteiger partial charge in [0, 0.05) is 6.42 Å². The molecular weight excluding hydrogens is 731 g/mol. The summed E-state index contributed by atoms with van der Waals surface area (Å²) in [5.41, 5.74) is 0. The summed E-state index contributed by atoms with van der Waals surface area (Å²) in [5, 5.41) is 23.8. The minimum atomic E-state index is -0.779. The standard InChI is InChI=1S/C53H105NO5/c1-4-7-10-13-16-19-22-24-26-27-29-31-33-36-39-42-45-51(56)50(48-55)54-52(57)47-49(59-53(58)46-43-40-37-34-21-18-15-12-9-6-3)44-41-38-35-32-30-28-25-23-20-17-14-11-8-5-2/h49-51,55-56H,4-48H2,1-3H3,(H,54,57). The molecule has 0 saturated carbocycles. The van der Waals surface area contributed by atoms with Crippen molar-refractivity contribution in [1.29, 1.82) is 0 Å². The zero-order valence-electron chi connectivity index (χ0n) is 40.2. The van der Waals surface area contributed by atoms with E-state index in [4.69, 9.17) is 4.74 Å². The van der Waals surface area contributed by atoms with Crippen molar-refractivity contribution in [2.45, 2.75) is 322 Å². The van der Waals surface area contributed by atoms with Crippen LogP contribution in [0.1, 0.15) is 303 Å². The molecule has 0 aliphatic rings. The molecule has 3 unspecified atom stereocenters. The molecule has 1 amide bonds. The van der Waals surface area contributed by atoms with Crippen LogP contribution in [0.4, 0.5) is 0 Å². The van der Waals surface area contributed by atoms with Crippen LogP contribution in [0.25, 0.3) is 0 Å². The number of rotatable bonds is 49. The fourth-order valence-electron chi connectivity index (χ4n) is 8.61. The molecule has 0 spiro atoms. The highest BCUT2D eigenvalue weighted by Crippen LogP contribution is 2.19. The first-order valence-electron chi connectivity index (χ1n) is 26.8. The fourth-order valence-corrected chi connectivity index (χ4v) is 8.61. The third kappa shape index (κ3) is 43.3. The number of amides is 1. The molecule has 6 heteroatoms. The summed E-state index contributed by atoms with van der Waals surface area (Å²) in [4.78, 5) is 26.1. The van der Waals surface area contributed by atoms with Crippen LogP contribution in [-0.4, -0.2) is 46.9 Å². The van der Waals surface area contributed by atoms with Crippen LogP contribution >= 0.6 is 0 Å². The maximum absolute atomic E-state index is 13.2. The number of ether oxygens (including phenoxy) is 1. The van der Waals surface area contributed by atoms with E-state index in [0.29, 0.717) is 19.3 Å². The van der Waals surface area contributed by atoms with Crippen LogP contribution in [0, 0.1) is 0 Å². The molecule has 3 atom stereocenters. The van der Waals surface area contributed by atoms with E-state index in [2.05, 4.69) is 26.1 Å². The lowest BCUT2D eigenvalue weighted by Crippen LogP contribution is -2.46. The van der Waals surface area contributed by atoms with E-state index in [-0.39, 0.29) is 24.9 Å². The zero-order valence-corrected chi connectivity index (χ0v) is 40.2. The third-order valence-corrected chi connectivity index (χ3v) is 12.7. The predicted molar refractivity (Wildman–Crippen MR) is 255 cm³/mol. The minimum absolute atomic E-state index is 0.0878. The van der Waals surface area contributed by atoms with Gasteiger partial charge in [-0.2, -0.15) is 0 Å². The van der Waals surface area contributed by atoms with E-state index < -0.39 is 18.2 Å². The van der Waals surface area contributed by atoms with E-state index in [1.165, 1.54) is 212 Å². The van der Waals surface area contributed by atoms with E-state index >= 15 is 0 Å². The summed E-state index contributed by atoms with van der Waals surface area (Å²) in [6.07, 6.45) is 51.6. The summed E-state index contributed by atoms with van der Waals surface area (Å²) in [6.45, 7) is 6.51. The van der Waals surface area contributed by atoms with E-state index in [1.807, 2.05) is 0 Å². The number of carbonyl (C=O) groups is 2. The summed E-state index contributed by atoms with van der Waals surface area (Å²) in [5.74, 6) is -0.452. The molecule has 0 fully saturated rings. The number of carbonyl (C=O) groups excluding carboxylic acids is 2. The molecule has 3 N–H and O–H groups in total. The van der Waals surface area contributed by atoms with E-state index in [1.54, 1.807) is 0 Å². The van der Waals surface area contributed by atoms with Gasteiger partial charge >= 0.3 is 5.97 Å². The van der Waals surface area contributed by atoms with Crippen molar-refractivity contribution < 1.29 is 24.5 Å². The monoisotopic (exact) mass is 836 g/mol. The van der Waals surface area contributed by atoms with Crippen LogP contribution in [-0.2, 0) is 14.3 Å². The largest absolute Gasteiger partial charge is 0.462 e. The number of aliphatic hydroxyl groups is 2. The summed E-state index contributed by atoms with van der Waals surface area (Å²) < 4.78 is 5.93. The van der Waals surface area contributed by atoms with Gasteiger partial charge in [0.1, 0.15) is 6.10 Å². The minimum Gasteiger partial charge on any atom is -0.462 e. The van der Waals surface area contributed by atoms with Crippen molar-refractivity contribution in [1.82, 2.24) is 5.32 Å². The maximum Gasteiger partial charge on any atom is 0.306 e. The average Bonchev–Trinajstić information content (AvgIpc) is 3.23. The number of esters is 1. The Kier molecular flexibility index (Phi) is 47.0. The number of aliphatic hydroxyl groups excluding tert-OH is 2. The predicted octanol–water partition coefficient (Wildman–Crippen LogP) is 16.0. The molecule has 0 aliphatic carbocycles. The van der Waals surface area contributed by atoms with Crippen molar-refractivity contribution in [3.63, 3.8) is 0 Å². The van der Waals surface area contributed by atoms with Gasteiger partial charge in [-0.05, 0) is 25.7 Å². The number of unbranched alkanes of at least 4 members (excludes halogenated alkanes) is 37. The van der Waals surface area contributed by atoms with E-state index in [9.17, 15) is 19.8 Å². The van der Waals surface area contributed by atoms with Crippen LogP contribution in [0.5, 0.6) is 0 Å². The smallest absolute Gasteiger partial charge is 0.306 e. The van der Waals surface area contributed by atoms with Gasteiger partial charge in [-0.1, -0.05) is 265 Å². The zero-order chi connectivity index (χ0) is 43.1. The quantitative estimate of drug-likeness (QED) is 0.0419. The second kappa shape index (κ2) is 47.9. The highest BCUT2D eigenvalue weighted by molar-refractivity contribution is 5.77. The van der Waals surface area contributed by atoms with Crippen LogP contribution < -0.4 is 5.32 Å². The van der Waals surface area contributed by atoms with Gasteiger partial charge in [-0.3, -0.25) is 9.59 Å². The molecule has 0 aliphatic heterocycles. The Morgan fingerprint density at radius 3 is 1.03 bits per heavy atom. The van der Waals surface area contributed by atoms with Crippen LogP contribution in [0.2, 0.25) is 0 Å². The molecule has 0 bridgehead atoms. The second-order valence-electron chi connectivity index (χ2n) is 18.6. The maximum atomic E-state index is 13.2. The molecule has 0 rings (SSSR count). The third-order valence-electron chi connectivity index (χ3n) is 12.7. The highest BCUT2D eigenvalue weighted by Gasteiger charge is 2.24. The lowest BCUT2D eigenvalue weighted by Gasteiger charge is -2.24. The van der Waals surface area contributed by atoms with Gasteiger partial charge in [-0.25, -0.2) is 0 Å². The molecule has 0 radical (unpaired) electrons. The van der Waals surface area contributed by atoms with Gasteiger partial charge in [0.25, 0.3) is 0 Å². The Morgan fingerprint density at radius 2 is 0.712 bits per heavy atom. The molecule has 0 heterocycles. The Balaban J connectivity index is 4.45. The highest BCUT2D eigenvalue weighted by atomic mass is 16.5. The molecular formula is C53H105NO5. The number of nitrogens with one attached hydrogen (secondary N) is 1. The first-order chi connectivity index (χ1) is 29.0. The Labute approximate surface area is 368 Å². The number of hydrogen-bond donors (Lipinski definition) is 3. The van der Waals surface area contributed by atoms with Crippen molar-refractivity contribution in [2.24, 2.45) is 0 Å². The fraction of sp³-hybridized carbons (Fsp3) is 0.962. The van der Waals surface area contributed by atoms with Gasteiger partial charge in [0.2, 0.25) is 5.91 Å². The second-order valence-corrected chi connectivity index (χ2v) is 18.6. The van der Waals surface area contributed by atoms with Crippen molar-refractivity contribution in [2.75, 3.05) is 6.61 Å². The van der Waals surface area contributed by atoms with Crippen molar-refractivity contribution in [3.8, 4) is 0 Å². The van der Waals surface area contributed by atoms with Crippen molar-refractivity contribution in [3.05, 3.63) is 0 Å². The first kappa shape index (κ1) is 57.9. The lowest BCUT2D eigenvalue weighted by molar-refractivity contribution is -0.151. The summed E-state index contributed by atoms with van der Waals surface area (Å²) >= 11 is 0. The van der Waals surface area contributed by atoms with Gasteiger partial charge < -0.3 is 20.3 Å². The van der Waals surface area contributed by atoms with Gasteiger partial charge in [0.15, 0.2) is 0 Å². The van der Waals surface area contributed by atoms with Crippen molar-refractivity contribution >= 4 is 11.9 Å². The van der Waals surface area contributed by atoms with E-state index in [0.717, 1.165) is 44.9 Å². The summed E-state index contributed by atoms with van der Waals surface area (Å²) in [7, 11) is 0. The molecule has 0 aromatic carbocycles. The van der Waals surface area contributed by atoms with Gasteiger partial charge in [-0.15, -0.1) is 0 Å². The normalized spacial score (nSPS) is 13.1. The Bertz CT molecular complexity index is 852. The topological polar surface area (TPSA) is 95.9 Å². The molecule has 6 nitrogen and oxygen atoms in total. The van der Waals surface area contributed by atoms with Crippen LogP contribution in [0.15, 0.2) is 0 Å². The Morgan fingerprint density at radius 1 is 0.424 bits per heavy atom. The molecule has 352 valence electrons. The molecule has 0 aromatic rings. The molecule has 0 aromatic heterocycles. The molecule has 0 saturated heterocycles. The summed E-state index contributed by atoms with van der Waals surface area (Å²) in [6, 6.07) is -0.692. The average molecular weight is 836 g/mol. The Hall–Kier alpha value is -1.14.